The van der Waals surface area contributed by atoms with Crippen LogP contribution < -0.4 is 16.0 Å². The average molecular weight is 696 g/mol. The number of hydrogen-bond acceptors (Lipinski definition) is 4. The number of carbonyl (C=O) groups excluding carboxylic acids is 3. The highest BCUT2D eigenvalue weighted by Crippen LogP contribution is 2.59. The van der Waals surface area contributed by atoms with Crippen LogP contribution in [-0.4, -0.2) is 49.1 Å². The molecular weight excluding hydrogens is 622 g/mol. The summed E-state index contributed by atoms with van der Waals surface area (Å²) < 4.78 is 0. The van der Waals surface area contributed by atoms with Crippen molar-refractivity contribution in [1.29, 1.82) is 0 Å². The summed E-state index contributed by atoms with van der Waals surface area (Å²) in [7, 11) is 1.65. The van der Waals surface area contributed by atoms with E-state index in [9.17, 15) is 19.5 Å². The SMILES string of the molecule is C1CCCCCCC1.C=C1CC[C@H](O)C/C1=C/C=C1\CCCC2(C)C1CCC2[C@H](C)C(=O)NCCCCNC(=O)CCCCCCC(=O)NC. The molecule has 0 aromatic heterocycles. The molecule has 0 saturated heterocycles. The third-order valence-electron chi connectivity index (χ3n) is 12.3. The van der Waals surface area contributed by atoms with E-state index in [0.29, 0.717) is 44.2 Å². The van der Waals surface area contributed by atoms with Gasteiger partial charge in [0.2, 0.25) is 17.7 Å². The molecule has 0 bridgehead atoms. The van der Waals surface area contributed by atoms with E-state index < -0.39 is 0 Å². The molecule has 4 fully saturated rings. The number of nitrogens with one attached hydrogen (secondary N) is 3. The Morgan fingerprint density at radius 1 is 0.800 bits per heavy atom. The Morgan fingerprint density at radius 2 is 1.40 bits per heavy atom. The fourth-order valence-electron chi connectivity index (χ4n) is 9.08. The molecule has 0 aliphatic heterocycles. The number of allylic oxidation sites excluding steroid dienone is 4. The molecule has 3 unspecified atom stereocenters. The second-order valence-corrected chi connectivity index (χ2v) is 16.1. The highest BCUT2D eigenvalue weighted by molar-refractivity contribution is 5.78. The van der Waals surface area contributed by atoms with Crippen LogP contribution in [0.25, 0.3) is 0 Å². The Balaban J connectivity index is 0.000000740. The first-order chi connectivity index (χ1) is 24.2. The molecule has 7 heteroatoms. The lowest BCUT2D eigenvalue weighted by atomic mass is 9.61. The van der Waals surface area contributed by atoms with E-state index in [2.05, 4.69) is 48.5 Å². The van der Waals surface area contributed by atoms with E-state index in [-0.39, 0.29) is 35.2 Å². The first kappa shape index (κ1) is 42.0. The molecule has 4 rings (SSSR count). The van der Waals surface area contributed by atoms with Gasteiger partial charge < -0.3 is 21.1 Å². The number of aliphatic hydroxyl groups is 1. The molecular formula is C43H73N3O4. The van der Waals surface area contributed by atoms with E-state index >= 15 is 0 Å². The lowest BCUT2D eigenvalue weighted by Crippen LogP contribution is -2.41. The maximum atomic E-state index is 13.2. The molecule has 0 aromatic carbocycles. The van der Waals surface area contributed by atoms with Crippen LogP contribution >= 0.6 is 0 Å². The van der Waals surface area contributed by atoms with Crippen molar-refractivity contribution in [3.8, 4) is 0 Å². The number of hydrogen-bond donors (Lipinski definition) is 4. The van der Waals surface area contributed by atoms with Gasteiger partial charge in [0.05, 0.1) is 6.10 Å². The summed E-state index contributed by atoms with van der Waals surface area (Å²) >= 11 is 0. The molecule has 0 spiro atoms. The van der Waals surface area contributed by atoms with E-state index in [4.69, 9.17) is 0 Å². The van der Waals surface area contributed by atoms with Crippen LogP contribution in [0.1, 0.15) is 168 Å². The first-order valence-electron chi connectivity index (χ1n) is 20.7. The predicted molar refractivity (Wildman–Crippen MR) is 206 cm³/mol. The standard InChI is InChI=1S/C35H57N3O4.C8H16/c1-25-15-18-29(39)24-28(25)17-16-27-12-11-21-35(3)30(19-20-31(27)35)26(2)34(42)38-23-10-9-22-37-33(41)14-8-6-5-7-13-32(40)36-4;1-2-4-6-8-7-5-3-1/h16-17,26,29-31,39H,1,5-15,18-24H2,2-4H3,(H,36,40)(H,37,41)(H,38,42);1-8H2/b27-16+,28-17-;/t26-,29-,30?,31?,35?;/m0./s1. The van der Waals surface area contributed by atoms with Gasteiger partial charge in [-0.2, -0.15) is 0 Å². The van der Waals surface area contributed by atoms with Crippen LogP contribution in [0.15, 0.2) is 35.5 Å². The van der Waals surface area contributed by atoms with E-state index in [0.717, 1.165) is 76.2 Å². The van der Waals surface area contributed by atoms with Gasteiger partial charge in [0, 0.05) is 38.9 Å². The molecule has 50 heavy (non-hydrogen) atoms. The van der Waals surface area contributed by atoms with Crippen LogP contribution in [0.5, 0.6) is 0 Å². The molecule has 4 N–H and O–H groups in total. The van der Waals surface area contributed by atoms with Gasteiger partial charge in [0.15, 0.2) is 0 Å². The lowest BCUT2D eigenvalue weighted by Gasteiger charge is -2.44. The number of unbranched alkanes of at least 4 members (excludes halogenated alkanes) is 4. The molecule has 7 nitrogen and oxygen atoms in total. The van der Waals surface area contributed by atoms with Crippen LogP contribution in [0, 0.1) is 23.2 Å². The lowest BCUT2D eigenvalue weighted by molar-refractivity contribution is -0.128. The molecule has 5 atom stereocenters. The Kier molecular flexibility index (Phi) is 19.5. The summed E-state index contributed by atoms with van der Waals surface area (Å²) in [6.45, 7) is 10.0. The van der Waals surface area contributed by atoms with Gasteiger partial charge >= 0.3 is 0 Å². The molecule has 284 valence electrons. The average Bonchev–Trinajstić information content (AvgIpc) is 3.45. The van der Waals surface area contributed by atoms with Crippen molar-refractivity contribution in [2.45, 2.75) is 174 Å². The van der Waals surface area contributed by atoms with Crippen LogP contribution in [0.4, 0.5) is 0 Å². The molecule has 4 saturated carbocycles. The molecule has 3 amide bonds. The largest absolute Gasteiger partial charge is 0.393 e. The van der Waals surface area contributed by atoms with Crippen molar-refractivity contribution in [3.05, 3.63) is 35.5 Å². The summed E-state index contributed by atoms with van der Waals surface area (Å²) in [6.07, 6.45) is 30.8. The first-order valence-corrected chi connectivity index (χ1v) is 20.7. The maximum Gasteiger partial charge on any atom is 0.223 e. The summed E-state index contributed by atoms with van der Waals surface area (Å²) in [6, 6.07) is 0. The minimum atomic E-state index is -0.250. The molecule has 4 aliphatic carbocycles. The molecule has 0 aromatic rings. The number of rotatable bonds is 15. The van der Waals surface area contributed by atoms with E-state index in [1.54, 1.807) is 7.05 Å². The zero-order valence-corrected chi connectivity index (χ0v) is 32.2. The van der Waals surface area contributed by atoms with Gasteiger partial charge in [-0.3, -0.25) is 14.4 Å². The Hall–Kier alpha value is -2.41. The predicted octanol–water partition coefficient (Wildman–Crippen LogP) is 9.01. The van der Waals surface area contributed by atoms with Crippen molar-refractivity contribution in [1.82, 2.24) is 16.0 Å². The van der Waals surface area contributed by atoms with Crippen molar-refractivity contribution >= 4 is 17.7 Å². The second-order valence-electron chi connectivity index (χ2n) is 16.1. The Bertz CT molecular complexity index is 1110. The highest BCUT2D eigenvalue weighted by atomic mass is 16.3. The number of aliphatic hydroxyl groups excluding tert-OH is 1. The zero-order valence-electron chi connectivity index (χ0n) is 32.2. The van der Waals surface area contributed by atoms with Gasteiger partial charge in [-0.1, -0.05) is 108 Å². The second kappa shape index (κ2) is 23.2. The summed E-state index contributed by atoms with van der Waals surface area (Å²) in [5.74, 6) is 1.21. The van der Waals surface area contributed by atoms with Crippen molar-refractivity contribution in [3.63, 3.8) is 0 Å². The molecule has 0 heterocycles. The molecule has 0 radical (unpaired) electrons. The summed E-state index contributed by atoms with van der Waals surface area (Å²) in [5.41, 5.74) is 4.02. The highest BCUT2D eigenvalue weighted by Gasteiger charge is 2.51. The van der Waals surface area contributed by atoms with Gasteiger partial charge in [0.1, 0.15) is 0 Å². The van der Waals surface area contributed by atoms with Crippen molar-refractivity contribution in [2.24, 2.45) is 23.2 Å². The normalized spacial score (nSPS) is 27.7. The number of fused-ring (bicyclic) bond motifs is 1. The quantitative estimate of drug-likeness (QED) is 0.128. The third-order valence-corrected chi connectivity index (χ3v) is 12.3. The van der Waals surface area contributed by atoms with Crippen LogP contribution in [0.3, 0.4) is 0 Å². The summed E-state index contributed by atoms with van der Waals surface area (Å²) in [4.78, 5) is 36.4. The monoisotopic (exact) mass is 696 g/mol. The van der Waals surface area contributed by atoms with Crippen molar-refractivity contribution < 1.29 is 19.5 Å². The minimum absolute atomic E-state index is 0.0120. The van der Waals surface area contributed by atoms with Gasteiger partial charge in [-0.05, 0) is 99.9 Å². The minimum Gasteiger partial charge on any atom is -0.393 e. The Morgan fingerprint density at radius 3 is 2.02 bits per heavy atom. The topological polar surface area (TPSA) is 108 Å². The van der Waals surface area contributed by atoms with Crippen LogP contribution in [-0.2, 0) is 14.4 Å². The van der Waals surface area contributed by atoms with Gasteiger partial charge in [-0.15, -0.1) is 0 Å². The fourth-order valence-corrected chi connectivity index (χ4v) is 9.08. The summed E-state index contributed by atoms with van der Waals surface area (Å²) in [5, 5.41) is 18.9. The van der Waals surface area contributed by atoms with E-state index in [1.165, 1.54) is 75.4 Å². The van der Waals surface area contributed by atoms with Crippen LogP contribution in [0.2, 0.25) is 0 Å². The smallest absolute Gasteiger partial charge is 0.223 e. The molecule has 4 aliphatic rings. The van der Waals surface area contributed by atoms with Crippen molar-refractivity contribution in [2.75, 3.05) is 20.1 Å². The van der Waals surface area contributed by atoms with E-state index in [1.807, 2.05) is 0 Å². The third kappa shape index (κ3) is 14.3. The zero-order chi connectivity index (χ0) is 36.2. The maximum absolute atomic E-state index is 13.2. The fraction of sp³-hybridized carbons (Fsp3) is 0.791. The Labute approximate surface area is 305 Å². The number of amides is 3. The van der Waals surface area contributed by atoms with Gasteiger partial charge in [-0.25, -0.2) is 0 Å². The number of carbonyl (C=O) groups is 3. The van der Waals surface area contributed by atoms with Gasteiger partial charge in [0.25, 0.3) is 0 Å².